The van der Waals surface area contributed by atoms with Gasteiger partial charge < -0.3 is 5.73 Å². The van der Waals surface area contributed by atoms with Gasteiger partial charge in [-0.05, 0) is 24.3 Å². The van der Waals surface area contributed by atoms with E-state index in [9.17, 15) is 9.59 Å². The molecule has 3 aromatic rings. The van der Waals surface area contributed by atoms with Gasteiger partial charge in [0, 0.05) is 18.0 Å². The smallest absolute Gasteiger partial charge is 0.332 e. The van der Waals surface area contributed by atoms with Gasteiger partial charge in [0.15, 0.2) is 5.71 Å². The van der Waals surface area contributed by atoms with Crippen LogP contribution < -0.4 is 16.6 Å². The molecule has 0 unspecified atom stereocenters. The van der Waals surface area contributed by atoms with Crippen LogP contribution in [0.5, 0.6) is 0 Å². The molecule has 0 saturated carbocycles. The number of nitrogens with one attached hydrogen (secondary N) is 2. The number of rotatable bonds is 6. The van der Waals surface area contributed by atoms with Crippen molar-refractivity contribution in [1.29, 1.82) is 0 Å². The van der Waals surface area contributed by atoms with Crippen LogP contribution in [0.3, 0.4) is 0 Å². The third-order valence-corrected chi connectivity index (χ3v) is 3.62. The number of carbonyl (C=O) groups is 2. The first-order valence-corrected chi connectivity index (χ1v) is 8.54. The first-order valence-electron chi connectivity index (χ1n) is 8.54. The largest absolute Gasteiger partial charge is 0.350 e. The normalized spacial score (nSPS) is 10.7. The second-order valence-electron chi connectivity index (χ2n) is 5.63. The van der Waals surface area contributed by atoms with Crippen molar-refractivity contribution in [2.45, 2.75) is 0 Å². The van der Waals surface area contributed by atoms with Crippen LogP contribution >= 0.6 is 0 Å². The van der Waals surface area contributed by atoms with Crippen LogP contribution in [-0.4, -0.2) is 33.3 Å². The van der Waals surface area contributed by atoms with E-state index < -0.39 is 11.9 Å². The molecule has 0 aliphatic rings. The maximum atomic E-state index is 12.7. The highest BCUT2D eigenvalue weighted by molar-refractivity contribution is 6.45. The molecule has 3 rings (SSSR count). The molecule has 2 aromatic heterocycles. The Hall–Kier alpha value is -4.40. The summed E-state index contributed by atoms with van der Waals surface area (Å²) in [6, 6.07) is 18.4. The molecular weight excluding hydrogens is 370 g/mol. The van der Waals surface area contributed by atoms with Gasteiger partial charge in [0.1, 0.15) is 5.71 Å². The highest BCUT2D eigenvalue weighted by atomic mass is 16.2. The second kappa shape index (κ2) is 9.51. The molecule has 4 N–H and O–H groups in total. The number of benzene rings is 1. The van der Waals surface area contributed by atoms with Crippen molar-refractivity contribution in [2.75, 3.05) is 0 Å². The molecule has 0 atom stereocenters. The molecule has 9 heteroatoms. The summed E-state index contributed by atoms with van der Waals surface area (Å²) >= 11 is 0. The minimum Gasteiger partial charge on any atom is -0.350 e. The number of primary amides is 1. The Labute approximate surface area is 166 Å². The van der Waals surface area contributed by atoms with Crippen LogP contribution in [0.2, 0.25) is 0 Å². The van der Waals surface area contributed by atoms with Gasteiger partial charge in [-0.2, -0.15) is 10.2 Å². The molecule has 0 aliphatic carbocycles. The van der Waals surface area contributed by atoms with Gasteiger partial charge in [0.05, 0.1) is 11.4 Å². The van der Waals surface area contributed by atoms with Gasteiger partial charge in [-0.3, -0.25) is 14.8 Å². The molecule has 0 fully saturated rings. The molecule has 29 heavy (non-hydrogen) atoms. The number of nitrogens with two attached hydrogens (primary N) is 1. The number of hydrazone groups is 2. The lowest BCUT2D eigenvalue weighted by molar-refractivity contribution is -0.114. The van der Waals surface area contributed by atoms with Gasteiger partial charge in [-0.25, -0.2) is 15.6 Å². The standard InChI is InChI=1S/C20H17N7O2/c21-20(29)27-24-17(14-8-2-1-3-9-14)19(28)26-25-18(15-10-4-6-12-22-15)16-11-5-7-13-23-16/h1-13H,(H,26,28)(H3,21,27,29)/b24-17+. The minimum absolute atomic E-state index is 0.0606. The summed E-state index contributed by atoms with van der Waals surface area (Å²) in [5.41, 5.74) is 11.4. The Balaban J connectivity index is 1.93. The lowest BCUT2D eigenvalue weighted by Gasteiger charge is -2.08. The van der Waals surface area contributed by atoms with Gasteiger partial charge in [0.2, 0.25) is 0 Å². The zero-order chi connectivity index (χ0) is 20.5. The van der Waals surface area contributed by atoms with E-state index in [4.69, 9.17) is 5.73 Å². The van der Waals surface area contributed by atoms with Crippen molar-refractivity contribution in [3.8, 4) is 0 Å². The van der Waals surface area contributed by atoms with Crippen LogP contribution in [0.25, 0.3) is 0 Å². The number of carbonyl (C=O) groups excluding carboxylic acids is 2. The number of amides is 3. The molecule has 9 nitrogen and oxygen atoms in total. The molecular formula is C20H17N7O2. The second-order valence-corrected chi connectivity index (χ2v) is 5.63. The van der Waals surface area contributed by atoms with E-state index in [1.807, 2.05) is 0 Å². The fourth-order valence-corrected chi connectivity index (χ4v) is 2.36. The Morgan fingerprint density at radius 2 is 1.34 bits per heavy atom. The maximum absolute atomic E-state index is 12.7. The quantitative estimate of drug-likeness (QED) is 0.435. The molecule has 3 amide bonds. The maximum Gasteiger partial charge on any atom is 0.332 e. The van der Waals surface area contributed by atoms with Gasteiger partial charge in [-0.1, -0.05) is 42.5 Å². The zero-order valence-electron chi connectivity index (χ0n) is 15.2. The van der Waals surface area contributed by atoms with Crippen molar-refractivity contribution >= 4 is 23.4 Å². The van der Waals surface area contributed by atoms with E-state index >= 15 is 0 Å². The highest BCUT2D eigenvalue weighted by Crippen LogP contribution is 2.06. The lowest BCUT2D eigenvalue weighted by Crippen LogP contribution is -2.33. The van der Waals surface area contributed by atoms with Gasteiger partial charge in [-0.15, -0.1) is 0 Å². The Morgan fingerprint density at radius 3 is 1.86 bits per heavy atom. The SMILES string of the molecule is NC(=O)N/N=C(/C(=O)NN=C(c1ccccn1)c1ccccn1)c1ccccc1. The van der Waals surface area contributed by atoms with Gasteiger partial charge >= 0.3 is 6.03 Å². The lowest BCUT2D eigenvalue weighted by atomic mass is 10.1. The fraction of sp³-hybridized carbons (Fsp3) is 0. The summed E-state index contributed by atoms with van der Waals surface area (Å²) < 4.78 is 0. The first-order chi connectivity index (χ1) is 14.1. The first kappa shape index (κ1) is 19.4. The average molecular weight is 387 g/mol. The summed E-state index contributed by atoms with van der Waals surface area (Å²) in [6.45, 7) is 0. The predicted octanol–water partition coefficient (Wildman–Crippen LogP) is 1.42. The number of urea groups is 1. The fourth-order valence-electron chi connectivity index (χ4n) is 2.36. The molecule has 0 aliphatic heterocycles. The van der Waals surface area contributed by atoms with Crippen molar-refractivity contribution in [1.82, 2.24) is 20.8 Å². The molecule has 144 valence electrons. The minimum atomic E-state index is -0.891. The summed E-state index contributed by atoms with van der Waals surface area (Å²) in [4.78, 5) is 32.3. The van der Waals surface area contributed by atoms with E-state index in [0.717, 1.165) is 0 Å². The van der Waals surface area contributed by atoms with Crippen LogP contribution in [0, 0.1) is 0 Å². The third kappa shape index (κ3) is 5.30. The average Bonchev–Trinajstić information content (AvgIpc) is 2.76. The van der Waals surface area contributed by atoms with E-state index in [0.29, 0.717) is 22.7 Å². The van der Waals surface area contributed by atoms with E-state index in [2.05, 4.69) is 31.0 Å². The van der Waals surface area contributed by atoms with Crippen molar-refractivity contribution in [3.05, 3.63) is 96.1 Å². The summed E-state index contributed by atoms with van der Waals surface area (Å²) in [6.07, 6.45) is 3.23. The Bertz CT molecular complexity index is 995. The van der Waals surface area contributed by atoms with Crippen LogP contribution in [0.4, 0.5) is 4.79 Å². The van der Waals surface area contributed by atoms with Crippen molar-refractivity contribution < 1.29 is 9.59 Å². The van der Waals surface area contributed by atoms with E-state index in [1.165, 1.54) is 0 Å². The van der Waals surface area contributed by atoms with Crippen molar-refractivity contribution in [3.63, 3.8) is 0 Å². The summed E-state index contributed by atoms with van der Waals surface area (Å²) in [7, 11) is 0. The molecule has 1 aromatic carbocycles. The Kier molecular flexibility index (Phi) is 6.35. The van der Waals surface area contributed by atoms with Crippen LogP contribution in [0.15, 0.2) is 89.3 Å². The highest BCUT2D eigenvalue weighted by Gasteiger charge is 2.16. The van der Waals surface area contributed by atoms with Crippen LogP contribution in [0.1, 0.15) is 17.0 Å². The number of hydrogen-bond acceptors (Lipinski definition) is 6. The van der Waals surface area contributed by atoms with Crippen molar-refractivity contribution in [2.24, 2.45) is 15.9 Å². The zero-order valence-corrected chi connectivity index (χ0v) is 15.2. The van der Waals surface area contributed by atoms with Gasteiger partial charge in [0.25, 0.3) is 5.91 Å². The molecule has 0 radical (unpaired) electrons. The molecule has 0 bridgehead atoms. The molecule has 2 heterocycles. The number of aromatic nitrogens is 2. The predicted molar refractivity (Wildman–Crippen MR) is 108 cm³/mol. The summed E-state index contributed by atoms with van der Waals surface area (Å²) in [5, 5.41) is 8.00. The monoisotopic (exact) mass is 387 g/mol. The van der Waals surface area contributed by atoms with E-state index in [-0.39, 0.29) is 5.71 Å². The van der Waals surface area contributed by atoms with Crippen LogP contribution in [-0.2, 0) is 4.79 Å². The number of pyridine rings is 2. The molecule has 0 spiro atoms. The third-order valence-electron chi connectivity index (χ3n) is 3.62. The Morgan fingerprint density at radius 1 is 0.759 bits per heavy atom. The number of hydrogen-bond donors (Lipinski definition) is 3. The molecule has 0 saturated heterocycles. The summed E-state index contributed by atoms with van der Waals surface area (Å²) in [5.74, 6) is -0.644. The van der Waals surface area contributed by atoms with E-state index in [1.54, 1.807) is 79.1 Å². The topological polar surface area (TPSA) is 135 Å². The number of nitrogens with zero attached hydrogens (tertiary/aromatic N) is 4.